The van der Waals surface area contributed by atoms with E-state index >= 15 is 0 Å². The summed E-state index contributed by atoms with van der Waals surface area (Å²) in [5, 5.41) is 14.5. The van der Waals surface area contributed by atoms with E-state index in [1.165, 1.54) is 6.42 Å². The number of hydrogen-bond donors (Lipinski definition) is 3. The summed E-state index contributed by atoms with van der Waals surface area (Å²) in [4.78, 5) is 25.5. The average molecular weight is 458 g/mol. The molecule has 6 nitrogen and oxygen atoms in total. The van der Waals surface area contributed by atoms with E-state index in [-0.39, 0.29) is 23.5 Å². The molecule has 1 spiro atoms. The monoisotopic (exact) mass is 457 g/mol. The zero-order valence-corrected chi connectivity index (χ0v) is 19.3. The van der Waals surface area contributed by atoms with Gasteiger partial charge in [-0.25, -0.2) is 0 Å². The Morgan fingerprint density at radius 2 is 1.82 bits per heavy atom. The SMILES string of the molecule is NC(=O)c1ccc(-c2c3n(c4ccccc24)C(=O)CC2(CCC2)C3)cc1N[C@H]1CC[C@H](O)CC1. The Bertz CT molecular complexity index is 1300. The molecule has 3 aliphatic rings. The number of primary amides is 1. The zero-order chi connectivity index (χ0) is 23.4. The minimum atomic E-state index is -0.461. The van der Waals surface area contributed by atoms with Gasteiger partial charge in [0.25, 0.3) is 5.91 Å². The van der Waals surface area contributed by atoms with Crippen LogP contribution in [0.25, 0.3) is 22.0 Å². The Balaban J connectivity index is 1.48. The summed E-state index contributed by atoms with van der Waals surface area (Å²) in [6.45, 7) is 0. The van der Waals surface area contributed by atoms with Crippen LogP contribution in [0.1, 0.15) is 72.2 Å². The fourth-order valence-corrected chi connectivity index (χ4v) is 6.39. The van der Waals surface area contributed by atoms with Crippen molar-refractivity contribution < 1.29 is 14.7 Å². The second-order valence-corrected chi connectivity index (χ2v) is 10.5. The largest absolute Gasteiger partial charge is 0.393 e. The van der Waals surface area contributed by atoms with Crippen molar-refractivity contribution in [1.82, 2.24) is 4.57 Å². The standard InChI is InChI=1S/C28H31N3O3/c29-27(34)20-11-6-17(14-22(20)30-18-7-9-19(32)10-8-18)26-21-4-1-2-5-23(21)31-24(26)15-28(12-3-13-28)16-25(31)33/h1-2,4-6,11,14,18-19,30,32H,3,7-10,12-13,15-16H2,(H2,29,34)/t18-,19-. The van der Waals surface area contributed by atoms with E-state index in [4.69, 9.17) is 5.73 Å². The highest BCUT2D eigenvalue weighted by Gasteiger charge is 2.45. The van der Waals surface area contributed by atoms with Crippen LogP contribution in [0, 0.1) is 5.41 Å². The Morgan fingerprint density at radius 1 is 1.06 bits per heavy atom. The second kappa shape index (κ2) is 7.98. The molecule has 2 saturated carbocycles. The Labute approximate surface area is 199 Å². The molecular weight excluding hydrogens is 426 g/mol. The molecule has 0 atom stereocenters. The van der Waals surface area contributed by atoms with Gasteiger partial charge in [0, 0.05) is 34.8 Å². The third-order valence-electron chi connectivity index (χ3n) is 8.34. The number of rotatable bonds is 4. The zero-order valence-electron chi connectivity index (χ0n) is 19.3. The van der Waals surface area contributed by atoms with Crippen molar-refractivity contribution in [2.75, 3.05) is 5.32 Å². The van der Waals surface area contributed by atoms with Gasteiger partial charge < -0.3 is 16.2 Å². The molecule has 1 aliphatic heterocycles. The molecule has 2 fully saturated rings. The lowest BCUT2D eigenvalue weighted by atomic mass is 9.62. The fourth-order valence-electron chi connectivity index (χ4n) is 6.39. The van der Waals surface area contributed by atoms with Crippen LogP contribution in [0.5, 0.6) is 0 Å². The topological polar surface area (TPSA) is 97.4 Å². The number of amides is 1. The van der Waals surface area contributed by atoms with Crippen LogP contribution in [-0.4, -0.2) is 33.6 Å². The third-order valence-corrected chi connectivity index (χ3v) is 8.34. The van der Waals surface area contributed by atoms with Crippen molar-refractivity contribution in [2.24, 2.45) is 11.1 Å². The summed E-state index contributed by atoms with van der Waals surface area (Å²) < 4.78 is 1.94. The maximum absolute atomic E-state index is 13.3. The van der Waals surface area contributed by atoms with Crippen LogP contribution >= 0.6 is 0 Å². The van der Waals surface area contributed by atoms with E-state index in [1.54, 1.807) is 6.07 Å². The van der Waals surface area contributed by atoms with Crippen molar-refractivity contribution in [1.29, 1.82) is 0 Å². The van der Waals surface area contributed by atoms with Gasteiger partial charge in [-0.15, -0.1) is 0 Å². The Morgan fingerprint density at radius 3 is 2.53 bits per heavy atom. The number of nitrogens with zero attached hydrogens (tertiary/aromatic N) is 1. The lowest BCUT2D eigenvalue weighted by molar-refractivity contribution is 0.0600. The number of aliphatic hydroxyl groups excluding tert-OH is 1. The molecule has 2 aromatic carbocycles. The van der Waals surface area contributed by atoms with E-state index in [9.17, 15) is 14.7 Å². The van der Waals surface area contributed by atoms with Crippen molar-refractivity contribution in [3.8, 4) is 11.1 Å². The number of aromatic nitrogens is 1. The molecular formula is C28H31N3O3. The predicted molar refractivity (Wildman–Crippen MR) is 133 cm³/mol. The molecule has 34 heavy (non-hydrogen) atoms. The molecule has 0 unspecified atom stereocenters. The maximum Gasteiger partial charge on any atom is 0.250 e. The van der Waals surface area contributed by atoms with Gasteiger partial charge in [0.1, 0.15) is 0 Å². The summed E-state index contributed by atoms with van der Waals surface area (Å²) >= 11 is 0. The third kappa shape index (κ3) is 3.43. The predicted octanol–water partition coefficient (Wildman–Crippen LogP) is 4.88. The smallest absolute Gasteiger partial charge is 0.250 e. The maximum atomic E-state index is 13.3. The summed E-state index contributed by atoms with van der Waals surface area (Å²) in [6, 6.07) is 14.1. The lowest BCUT2D eigenvalue weighted by Gasteiger charge is -2.44. The number of hydrogen-bond acceptors (Lipinski definition) is 4. The van der Waals surface area contributed by atoms with Crippen molar-refractivity contribution in [3.05, 3.63) is 53.7 Å². The molecule has 2 aliphatic carbocycles. The van der Waals surface area contributed by atoms with Crippen LogP contribution in [0.15, 0.2) is 42.5 Å². The minimum Gasteiger partial charge on any atom is -0.393 e. The van der Waals surface area contributed by atoms with E-state index in [0.29, 0.717) is 12.0 Å². The van der Waals surface area contributed by atoms with Gasteiger partial charge in [-0.2, -0.15) is 0 Å². The van der Waals surface area contributed by atoms with Gasteiger partial charge in [0.05, 0.1) is 17.2 Å². The lowest BCUT2D eigenvalue weighted by Crippen LogP contribution is -2.40. The highest BCUT2D eigenvalue weighted by atomic mass is 16.3. The first kappa shape index (κ1) is 21.4. The average Bonchev–Trinajstić information content (AvgIpc) is 3.14. The first-order valence-corrected chi connectivity index (χ1v) is 12.5. The molecule has 3 aromatic rings. The van der Waals surface area contributed by atoms with Gasteiger partial charge in [-0.1, -0.05) is 30.7 Å². The molecule has 4 N–H and O–H groups in total. The number of carbonyl (C=O) groups is 2. The van der Waals surface area contributed by atoms with Gasteiger partial charge in [-0.05, 0) is 74.1 Å². The highest BCUT2D eigenvalue weighted by Crippen LogP contribution is 2.52. The quantitative estimate of drug-likeness (QED) is 0.520. The van der Waals surface area contributed by atoms with E-state index < -0.39 is 5.91 Å². The van der Waals surface area contributed by atoms with Crippen LogP contribution in [0.4, 0.5) is 5.69 Å². The van der Waals surface area contributed by atoms with E-state index in [2.05, 4.69) is 11.4 Å². The number of carbonyl (C=O) groups excluding carboxylic acids is 2. The fraction of sp³-hybridized carbons (Fsp3) is 0.429. The first-order valence-electron chi connectivity index (χ1n) is 12.5. The van der Waals surface area contributed by atoms with Crippen molar-refractivity contribution >= 4 is 28.4 Å². The van der Waals surface area contributed by atoms with Crippen molar-refractivity contribution in [2.45, 2.75) is 69.9 Å². The van der Waals surface area contributed by atoms with Crippen LogP contribution in [0.2, 0.25) is 0 Å². The number of aliphatic hydroxyl groups is 1. The van der Waals surface area contributed by atoms with Gasteiger partial charge in [-0.3, -0.25) is 14.2 Å². The molecule has 0 radical (unpaired) electrons. The molecule has 2 heterocycles. The summed E-state index contributed by atoms with van der Waals surface area (Å²) in [5.41, 5.74) is 11.2. The van der Waals surface area contributed by atoms with Gasteiger partial charge in [0.15, 0.2) is 0 Å². The number of nitrogens with two attached hydrogens (primary N) is 1. The van der Waals surface area contributed by atoms with Crippen molar-refractivity contribution in [3.63, 3.8) is 0 Å². The van der Waals surface area contributed by atoms with E-state index in [1.807, 2.05) is 34.9 Å². The highest BCUT2D eigenvalue weighted by molar-refractivity contribution is 6.06. The number of fused-ring (bicyclic) bond motifs is 3. The number of nitrogens with one attached hydrogen (secondary N) is 1. The molecule has 0 saturated heterocycles. The van der Waals surface area contributed by atoms with Crippen LogP contribution in [-0.2, 0) is 6.42 Å². The Kier molecular flexibility index (Phi) is 5.03. The summed E-state index contributed by atoms with van der Waals surface area (Å²) in [7, 11) is 0. The summed E-state index contributed by atoms with van der Waals surface area (Å²) in [6.07, 6.45) is 7.92. The Hall–Kier alpha value is -3.12. The summed E-state index contributed by atoms with van der Waals surface area (Å²) in [5.74, 6) is -0.270. The van der Waals surface area contributed by atoms with Crippen LogP contribution < -0.4 is 11.1 Å². The molecule has 176 valence electrons. The normalized spacial score (nSPS) is 23.5. The second-order valence-electron chi connectivity index (χ2n) is 10.5. The van der Waals surface area contributed by atoms with Gasteiger partial charge >= 0.3 is 0 Å². The minimum absolute atomic E-state index is 0.105. The molecule has 1 amide bonds. The first-order chi connectivity index (χ1) is 16.4. The molecule has 6 heteroatoms. The molecule has 6 rings (SSSR count). The van der Waals surface area contributed by atoms with E-state index in [0.717, 1.165) is 78.4 Å². The number of anilines is 1. The van der Waals surface area contributed by atoms with Crippen LogP contribution in [0.3, 0.4) is 0 Å². The van der Waals surface area contributed by atoms with Gasteiger partial charge in [0.2, 0.25) is 5.91 Å². The molecule has 0 bridgehead atoms. The number of para-hydroxylation sites is 1. The number of benzene rings is 2. The molecule has 1 aromatic heterocycles.